The molecule has 0 radical (unpaired) electrons. The average molecular weight is 535 g/mol. The lowest BCUT2D eigenvalue weighted by Gasteiger charge is -2.65. The van der Waals surface area contributed by atoms with Crippen LogP contribution in [0.15, 0.2) is 11.6 Å². The molecule has 218 valence electrons. The second kappa shape index (κ2) is 9.56. The highest BCUT2D eigenvalue weighted by Crippen LogP contribution is 2.73. The van der Waals surface area contributed by atoms with Gasteiger partial charge >= 0.3 is 5.97 Å². The summed E-state index contributed by atoms with van der Waals surface area (Å²) in [6, 6.07) is 0. The fourth-order valence-electron chi connectivity index (χ4n) is 10.1. The third kappa shape index (κ3) is 4.40. The standard InChI is InChI=1S/C32H54O6/c1-18(16-22(34)27(36)29(5,6)37)20-10-15-32(9)26-21(11-14-31(20,32)8)30(7)13-12-25(35)28(3,4)24(30)17-23(26)38-19(2)33/h11,18,20,22-27,34-37H,10,12-17H2,1-9H3/t18-,20+,22-,23+,24+,25+,26+,27-,30-,31+,32+/m1/s1. The zero-order valence-electron chi connectivity index (χ0n) is 25.3. The van der Waals surface area contributed by atoms with Gasteiger partial charge in [-0.05, 0) is 98.2 Å². The molecule has 6 nitrogen and oxygen atoms in total. The fraction of sp³-hybridized carbons (Fsp3) is 0.906. The fourth-order valence-corrected chi connectivity index (χ4v) is 10.1. The summed E-state index contributed by atoms with van der Waals surface area (Å²) in [6.45, 7) is 18.3. The Morgan fingerprint density at radius 1 is 1.11 bits per heavy atom. The van der Waals surface area contributed by atoms with Crippen molar-refractivity contribution < 1.29 is 30.0 Å². The molecule has 38 heavy (non-hydrogen) atoms. The van der Waals surface area contributed by atoms with Crippen LogP contribution >= 0.6 is 0 Å². The number of esters is 1. The van der Waals surface area contributed by atoms with E-state index in [2.05, 4.69) is 47.6 Å². The van der Waals surface area contributed by atoms with E-state index in [1.165, 1.54) is 26.3 Å². The van der Waals surface area contributed by atoms with Crippen LogP contribution in [-0.4, -0.2) is 56.4 Å². The van der Waals surface area contributed by atoms with Crippen LogP contribution in [0.1, 0.15) is 107 Å². The van der Waals surface area contributed by atoms with E-state index in [0.717, 1.165) is 38.5 Å². The summed E-state index contributed by atoms with van der Waals surface area (Å²) in [4.78, 5) is 12.4. The Morgan fingerprint density at radius 2 is 1.74 bits per heavy atom. The predicted molar refractivity (Wildman–Crippen MR) is 148 cm³/mol. The molecule has 0 aromatic carbocycles. The maximum Gasteiger partial charge on any atom is 0.302 e. The van der Waals surface area contributed by atoms with E-state index >= 15 is 0 Å². The molecule has 4 aliphatic rings. The van der Waals surface area contributed by atoms with Crippen LogP contribution in [0.3, 0.4) is 0 Å². The first kappa shape index (κ1) is 30.0. The number of fused-ring (bicyclic) bond motifs is 5. The monoisotopic (exact) mass is 534 g/mol. The normalized spacial score (nSPS) is 44.7. The Bertz CT molecular complexity index is 950. The molecule has 0 heterocycles. The first-order valence-electron chi connectivity index (χ1n) is 14.9. The van der Waals surface area contributed by atoms with Gasteiger partial charge in [0.15, 0.2) is 0 Å². The van der Waals surface area contributed by atoms with Crippen molar-refractivity contribution in [2.45, 2.75) is 137 Å². The molecule has 0 aliphatic heterocycles. The van der Waals surface area contributed by atoms with Gasteiger partial charge in [0, 0.05) is 12.8 Å². The molecule has 3 fully saturated rings. The second-order valence-electron chi connectivity index (χ2n) is 15.4. The van der Waals surface area contributed by atoms with Gasteiger partial charge in [0.05, 0.1) is 17.8 Å². The predicted octanol–water partition coefficient (Wildman–Crippen LogP) is 5.01. The number of allylic oxidation sites excluding steroid dienone is 1. The number of aliphatic hydroxyl groups is 4. The summed E-state index contributed by atoms with van der Waals surface area (Å²) in [5.41, 5.74) is -0.350. The van der Waals surface area contributed by atoms with Crippen molar-refractivity contribution in [1.82, 2.24) is 0 Å². The van der Waals surface area contributed by atoms with E-state index in [0.29, 0.717) is 12.3 Å². The maximum absolute atomic E-state index is 12.4. The lowest BCUT2D eigenvalue weighted by molar-refractivity contribution is -0.179. The van der Waals surface area contributed by atoms with Crippen molar-refractivity contribution >= 4 is 5.97 Å². The van der Waals surface area contributed by atoms with Crippen LogP contribution in [0.5, 0.6) is 0 Å². The van der Waals surface area contributed by atoms with Gasteiger partial charge in [-0.1, -0.05) is 53.2 Å². The summed E-state index contributed by atoms with van der Waals surface area (Å²) in [7, 11) is 0. The second-order valence-corrected chi connectivity index (χ2v) is 15.4. The number of carbonyl (C=O) groups is 1. The van der Waals surface area contributed by atoms with Gasteiger partial charge in [0.2, 0.25) is 0 Å². The third-order valence-corrected chi connectivity index (χ3v) is 12.5. The number of hydrogen-bond donors (Lipinski definition) is 4. The molecule has 0 aromatic rings. The van der Waals surface area contributed by atoms with Crippen LogP contribution in [0, 0.1) is 45.3 Å². The molecule has 4 aliphatic carbocycles. The van der Waals surface area contributed by atoms with Gasteiger partial charge in [-0.2, -0.15) is 0 Å². The van der Waals surface area contributed by atoms with Gasteiger partial charge < -0.3 is 25.2 Å². The van der Waals surface area contributed by atoms with Crippen LogP contribution in [0.2, 0.25) is 0 Å². The van der Waals surface area contributed by atoms with E-state index < -0.39 is 17.8 Å². The van der Waals surface area contributed by atoms with Gasteiger partial charge in [0.1, 0.15) is 12.2 Å². The van der Waals surface area contributed by atoms with Crippen molar-refractivity contribution in [3.63, 3.8) is 0 Å². The van der Waals surface area contributed by atoms with E-state index in [9.17, 15) is 25.2 Å². The molecule has 0 unspecified atom stereocenters. The smallest absolute Gasteiger partial charge is 0.302 e. The summed E-state index contributed by atoms with van der Waals surface area (Å²) >= 11 is 0. The zero-order valence-corrected chi connectivity index (χ0v) is 25.3. The number of rotatable bonds is 6. The summed E-state index contributed by atoms with van der Waals surface area (Å²) in [5, 5.41) is 42.5. The van der Waals surface area contributed by atoms with Gasteiger partial charge in [0.25, 0.3) is 0 Å². The molecular weight excluding hydrogens is 480 g/mol. The summed E-state index contributed by atoms with van der Waals surface area (Å²) in [6.07, 6.45) is 5.62. The molecule has 11 atom stereocenters. The molecule has 0 amide bonds. The minimum absolute atomic E-state index is 0.0366. The van der Waals surface area contributed by atoms with Crippen molar-refractivity contribution in [3.8, 4) is 0 Å². The zero-order chi connectivity index (χ0) is 28.6. The minimum atomic E-state index is -1.36. The molecular formula is C32H54O6. The molecule has 0 aromatic heterocycles. The molecule has 0 spiro atoms. The largest absolute Gasteiger partial charge is 0.462 e. The quantitative estimate of drug-likeness (QED) is 0.282. The molecule has 4 rings (SSSR count). The molecule has 3 saturated carbocycles. The highest BCUT2D eigenvalue weighted by molar-refractivity contribution is 5.66. The van der Waals surface area contributed by atoms with Crippen molar-refractivity contribution in [1.29, 1.82) is 0 Å². The van der Waals surface area contributed by atoms with Crippen LogP contribution in [-0.2, 0) is 9.53 Å². The highest BCUT2D eigenvalue weighted by atomic mass is 16.5. The number of aliphatic hydroxyl groups excluding tert-OH is 3. The molecule has 0 bridgehead atoms. The number of ether oxygens (including phenoxy) is 1. The van der Waals surface area contributed by atoms with Crippen molar-refractivity contribution in [3.05, 3.63) is 11.6 Å². The van der Waals surface area contributed by atoms with Crippen LogP contribution in [0.4, 0.5) is 0 Å². The molecule has 6 heteroatoms. The number of carbonyl (C=O) groups excluding carboxylic acids is 1. The average Bonchev–Trinajstić information content (AvgIpc) is 3.07. The van der Waals surface area contributed by atoms with Crippen molar-refractivity contribution in [2.24, 2.45) is 45.3 Å². The van der Waals surface area contributed by atoms with E-state index in [1.54, 1.807) is 0 Å². The Kier molecular flexibility index (Phi) is 7.56. The van der Waals surface area contributed by atoms with Crippen LogP contribution < -0.4 is 0 Å². The topological polar surface area (TPSA) is 107 Å². The first-order chi connectivity index (χ1) is 17.3. The number of hydrogen-bond acceptors (Lipinski definition) is 6. The maximum atomic E-state index is 12.4. The Hall–Kier alpha value is -0.950. The molecule has 4 N–H and O–H groups in total. The highest BCUT2D eigenvalue weighted by Gasteiger charge is 2.68. The lowest BCUT2D eigenvalue weighted by Crippen LogP contribution is -2.62. The van der Waals surface area contributed by atoms with Gasteiger partial charge in [-0.25, -0.2) is 0 Å². The Balaban J connectivity index is 1.71. The SMILES string of the molecule is CC(=O)O[C@H]1C[C@H]2C(C)(C)[C@@H](O)CC[C@]2(C)C2=CC[C@@]3(C)[C@H]([C@H](C)C[C@@H](O)[C@@H](O)C(C)(C)O)CC[C@@]3(C)[C@@H]21. The van der Waals surface area contributed by atoms with E-state index in [4.69, 9.17) is 4.74 Å². The Morgan fingerprint density at radius 3 is 2.32 bits per heavy atom. The van der Waals surface area contributed by atoms with E-state index in [1.807, 2.05) is 0 Å². The first-order valence-corrected chi connectivity index (χ1v) is 14.9. The van der Waals surface area contributed by atoms with E-state index in [-0.39, 0.29) is 57.6 Å². The van der Waals surface area contributed by atoms with Crippen LogP contribution in [0.25, 0.3) is 0 Å². The summed E-state index contributed by atoms with van der Waals surface area (Å²) < 4.78 is 6.17. The third-order valence-electron chi connectivity index (χ3n) is 12.5. The van der Waals surface area contributed by atoms with Gasteiger partial charge in [-0.15, -0.1) is 0 Å². The lowest BCUT2D eigenvalue weighted by atomic mass is 9.40. The minimum Gasteiger partial charge on any atom is -0.462 e. The van der Waals surface area contributed by atoms with Crippen molar-refractivity contribution in [2.75, 3.05) is 0 Å². The molecule has 0 saturated heterocycles. The summed E-state index contributed by atoms with van der Waals surface area (Å²) in [5.74, 6) is 0.609. The Labute approximate surface area is 230 Å². The van der Waals surface area contributed by atoms with Gasteiger partial charge in [-0.3, -0.25) is 4.79 Å².